The Morgan fingerprint density at radius 2 is 2.00 bits per heavy atom. The van der Waals surface area contributed by atoms with Crippen molar-refractivity contribution in [2.24, 2.45) is 0 Å². The summed E-state index contributed by atoms with van der Waals surface area (Å²) in [5, 5.41) is 0.846. The highest BCUT2D eigenvalue weighted by Gasteiger charge is 2.29. The van der Waals surface area contributed by atoms with Crippen molar-refractivity contribution in [3.05, 3.63) is 64.3 Å². The van der Waals surface area contributed by atoms with Gasteiger partial charge in [-0.1, -0.05) is 0 Å². The number of carbonyl (C=O) groups excluding carboxylic acids is 1. The minimum absolute atomic E-state index is 0.172. The van der Waals surface area contributed by atoms with Crippen LogP contribution in [0.1, 0.15) is 36.9 Å². The number of nitrogens with one attached hydrogen (secondary N) is 1. The Morgan fingerprint density at radius 3 is 2.62 bits per heavy atom. The summed E-state index contributed by atoms with van der Waals surface area (Å²) in [5.74, 6) is 0.696. The van der Waals surface area contributed by atoms with Crippen LogP contribution in [0, 0.1) is 0 Å². The van der Waals surface area contributed by atoms with Gasteiger partial charge in [-0.15, -0.1) is 0 Å². The fourth-order valence-electron chi connectivity index (χ4n) is 2.79. The number of benzene rings is 1. The van der Waals surface area contributed by atoms with Gasteiger partial charge in [0, 0.05) is 22.0 Å². The average molecular weight is 354 g/mol. The molecule has 2 heterocycles. The zero-order chi connectivity index (χ0) is 18.9. The van der Waals surface area contributed by atoms with Crippen molar-refractivity contribution in [2.45, 2.75) is 32.9 Å². The molecule has 0 aliphatic rings. The Morgan fingerprint density at radius 1 is 1.23 bits per heavy atom. The summed E-state index contributed by atoms with van der Waals surface area (Å²) in [7, 11) is 1.59. The molecule has 136 valence electrons. The molecule has 2 aromatic heterocycles. The van der Waals surface area contributed by atoms with Crippen LogP contribution in [-0.4, -0.2) is 28.4 Å². The van der Waals surface area contributed by atoms with Crippen molar-refractivity contribution < 1.29 is 13.9 Å². The van der Waals surface area contributed by atoms with E-state index in [0.29, 0.717) is 11.3 Å². The minimum Gasteiger partial charge on any atom is -0.497 e. The lowest BCUT2D eigenvalue weighted by Gasteiger charge is -2.35. The van der Waals surface area contributed by atoms with Gasteiger partial charge in [0.2, 0.25) is 0 Å². The summed E-state index contributed by atoms with van der Waals surface area (Å²) in [4.78, 5) is 29.8. The van der Waals surface area contributed by atoms with Gasteiger partial charge in [-0.2, -0.15) is 0 Å². The van der Waals surface area contributed by atoms with E-state index in [-0.39, 0.29) is 23.8 Å². The Kier molecular flexibility index (Phi) is 4.59. The molecule has 0 aliphatic carbocycles. The van der Waals surface area contributed by atoms with E-state index in [0.717, 1.165) is 10.9 Å². The number of methoxy groups -OCH3 is 1. The number of amides is 1. The third kappa shape index (κ3) is 3.49. The quantitative estimate of drug-likeness (QED) is 0.777. The summed E-state index contributed by atoms with van der Waals surface area (Å²) in [6.07, 6.45) is 1.46. The first kappa shape index (κ1) is 17.8. The van der Waals surface area contributed by atoms with Gasteiger partial charge in [0.05, 0.1) is 19.9 Å². The summed E-state index contributed by atoms with van der Waals surface area (Å²) in [6.45, 7) is 5.94. The molecule has 6 heteroatoms. The Balaban J connectivity index is 2.02. The van der Waals surface area contributed by atoms with E-state index >= 15 is 0 Å². The van der Waals surface area contributed by atoms with Gasteiger partial charge in [-0.25, -0.2) is 0 Å². The molecule has 1 N–H and O–H groups in total. The average Bonchev–Trinajstić information content (AvgIpc) is 3.12. The number of furan rings is 1. The van der Waals surface area contributed by atoms with Crippen LogP contribution in [0.2, 0.25) is 0 Å². The maximum Gasteiger partial charge on any atom is 0.290 e. The van der Waals surface area contributed by atoms with Gasteiger partial charge < -0.3 is 19.0 Å². The minimum atomic E-state index is -0.486. The first-order valence-electron chi connectivity index (χ1n) is 8.35. The second-order valence-electron chi connectivity index (χ2n) is 7.12. The van der Waals surface area contributed by atoms with Crippen LogP contribution in [0.15, 0.2) is 51.9 Å². The first-order chi connectivity index (χ1) is 12.3. The van der Waals surface area contributed by atoms with Crippen molar-refractivity contribution >= 4 is 16.8 Å². The molecule has 0 spiro atoms. The molecule has 0 aliphatic heterocycles. The Hall–Kier alpha value is -3.02. The lowest BCUT2D eigenvalue weighted by Crippen LogP contribution is -2.45. The lowest BCUT2D eigenvalue weighted by molar-refractivity contribution is 0.0525. The normalized spacial score (nSPS) is 11.5. The molecule has 0 unspecified atom stereocenters. The monoisotopic (exact) mass is 354 g/mol. The third-order valence-electron chi connectivity index (χ3n) is 4.24. The molecule has 0 atom stereocenters. The van der Waals surface area contributed by atoms with Gasteiger partial charge >= 0.3 is 0 Å². The third-order valence-corrected chi connectivity index (χ3v) is 4.24. The van der Waals surface area contributed by atoms with Gasteiger partial charge in [-0.05, 0) is 57.2 Å². The van der Waals surface area contributed by atoms with Crippen LogP contribution < -0.4 is 10.3 Å². The molecule has 0 radical (unpaired) electrons. The van der Waals surface area contributed by atoms with E-state index in [1.54, 1.807) is 42.3 Å². The molecule has 1 aromatic carbocycles. The molecule has 3 rings (SSSR count). The number of aromatic amines is 1. The summed E-state index contributed by atoms with van der Waals surface area (Å²) >= 11 is 0. The number of rotatable bonds is 4. The van der Waals surface area contributed by atoms with Crippen molar-refractivity contribution in [3.8, 4) is 5.75 Å². The number of ether oxygens (including phenoxy) is 1. The molecule has 1 amide bonds. The molecular weight excluding hydrogens is 332 g/mol. The number of nitrogens with zero attached hydrogens (tertiary/aromatic N) is 1. The van der Waals surface area contributed by atoms with Crippen LogP contribution in [0.3, 0.4) is 0 Å². The molecule has 0 saturated heterocycles. The van der Waals surface area contributed by atoms with E-state index in [1.165, 1.54) is 6.26 Å². The van der Waals surface area contributed by atoms with Crippen molar-refractivity contribution in [3.63, 3.8) is 0 Å². The molecule has 0 fully saturated rings. The number of hydrogen-bond acceptors (Lipinski definition) is 4. The summed E-state index contributed by atoms with van der Waals surface area (Å²) < 4.78 is 10.5. The lowest BCUT2D eigenvalue weighted by atomic mass is 10.0. The fraction of sp³-hybridized carbons (Fsp3) is 0.300. The van der Waals surface area contributed by atoms with Crippen molar-refractivity contribution in [1.29, 1.82) is 0 Å². The van der Waals surface area contributed by atoms with Gasteiger partial charge in [0.15, 0.2) is 5.76 Å². The molecular formula is C20H22N2O4. The van der Waals surface area contributed by atoms with Crippen molar-refractivity contribution in [1.82, 2.24) is 9.88 Å². The van der Waals surface area contributed by atoms with Crippen LogP contribution in [0.4, 0.5) is 0 Å². The van der Waals surface area contributed by atoms with E-state index in [4.69, 9.17) is 9.15 Å². The summed E-state index contributed by atoms with van der Waals surface area (Å²) in [6, 6.07) is 10.5. The van der Waals surface area contributed by atoms with Crippen LogP contribution in [0.25, 0.3) is 10.9 Å². The maximum absolute atomic E-state index is 12.8. The van der Waals surface area contributed by atoms with Crippen LogP contribution in [0.5, 0.6) is 5.75 Å². The Bertz CT molecular complexity index is 981. The number of H-pyrrole nitrogens is 1. The Labute approximate surface area is 151 Å². The molecule has 26 heavy (non-hydrogen) atoms. The van der Waals surface area contributed by atoms with E-state index in [2.05, 4.69) is 4.98 Å². The first-order valence-corrected chi connectivity index (χ1v) is 8.35. The smallest absolute Gasteiger partial charge is 0.290 e. The van der Waals surface area contributed by atoms with E-state index in [1.807, 2.05) is 26.8 Å². The molecule has 0 saturated carbocycles. The van der Waals surface area contributed by atoms with Gasteiger partial charge in [-0.3, -0.25) is 9.59 Å². The predicted octanol–water partition coefficient (Wildman–Crippen LogP) is 3.57. The number of pyridine rings is 1. The predicted molar refractivity (Wildman–Crippen MR) is 99.5 cm³/mol. The standard InChI is InChI=1S/C20H22N2O4/c1-20(2,3)22(19(24)17-6-5-9-26-17)12-14-10-13-11-15(25-4)7-8-16(13)21-18(14)23/h5-11H,12H2,1-4H3,(H,21,23). The highest BCUT2D eigenvalue weighted by molar-refractivity contribution is 5.92. The molecule has 3 aromatic rings. The fourth-order valence-corrected chi connectivity index (χ4v) is 2.79. The molecule has 0 bridgehead atoms. The van der Waals surface area contributed by atoms with Crippen LogP contribution in [-0.2, 0) is 6.54 Å². The number of carbonyl (C=O) groups is 1. The highest BCUT2D eigenvalue weighted by Crippen LogP contribution is 2.23. The highest BCUT2D eigenvalue weighted by atomic mass is 16.5. The van der Waals surface area contributed by atoms with Crippen molar-refractivity contribution in [2.75, 3.05) is 7.11 Å². The number of hydrogen-bond donors (Lipinski definition) is 1. The maximum atomic E-state index is 12.8. The zero-order valence-corrected chi connectivity index (χ0v) is 15.3. The second kappa shape index (κ2) is 6.71. The van der Waals surface area contributed by atoms with E-state index in [9.17, 15) is 9.59 Å². The molecule has 6 nitrogen and oxygen atoms in total. The zero-order valence-electron chi connectivity index (χ0n) is 15.3. The summed E-state index contributed by atoms with van der Waals surface area (Å²) in [5.41, 5.74) is 0.517. The van der Waals surface area contributed by atoms with Gasteiger partial charge in [0.1, 0.15) is 5.75 Å². The van der Waals surface area contributed by atoms with Crippen LogP contribution >= 0.6 is 0 Å². The largest absolute Gasteiger partial charge is 0.497 e. The topological polar surface area (TPSA) is 75.5 Å². The van der Waals surface area contributed by atoms with Gasteiger partial charge in [0.25, 0.3) is 11.5 Å². The second-order valence-corrected chi connectivity index (χ2v) is 7.12. The SMILES string of the molecule is COc1ccc2[nH]c(=O)c(CN(C(=O)c3ccco3)C(C)(C)C)cc2c1. The van der Waals surface area contributed by atoms with E-state index < -0.39 is 5.54 Å². The number of fused-ring (bicyclic) bond motifs is 1. The number of aromatic nitrogens is 1.